The van der Waals surface area contributed by atoms with Crippen LogP contribution in [-0.2, 0) is 26.0 Å². The number of carbonyl (C=O) groups excluding carboxylic acids is 1. The molecule has 2 N–H and O–H groups in total. The fourth-order valence-electron chi connectivity index (χ4n) is 2.41. The number of carbonyl (C=O) groups is 2. The minimum Gasteiger partial charge on any atom is -0.480 e. The minimum absolute atomic E-state index is 0.0923. The van der Waals surface area contributed by atoms with E-state index in [4.69, 9.17) is 4.74 Å². The number of benzene rings is 1. The average molecular weight is 408 g/mol. The lowest BCUT2D eigenvalue weighted by atomic mass is 10.1. The third kappa shape index (κ3) is 5.59. The number of aromatic nitrogens is 1. The van der Waals surface area contributed by atoms with Gasteiger partial charge in [-0.1, -0.05) is 17.7 Å². The summed E-state index contributed by atoms with van der Waals surface area (Å²) in [5.41, 5.74) is 0.613. The molecule has 1 atom stereocenters. The fourth-order valence-corrected chi connectivity index (χ4v) is 3.63. The van der Waals surface area contributed by atoms with E-state index in [1.165, 1.54) is 30.6 Å². The van der Waals surface area contributed by atoms with Crippen LogP contribution in [0.2, 0.25) is 0 Å². The summed E-state index contributed by atoms with van der Waals surface area (Å²) >= 11 is 0. The summed E-state index contributed by atoms with van der Waals surface area (Å²) < 4.78 is 31.4. The Morgan fingerprint density at radius 1 is 1.18 bits per heavy atom. The predicted molar refractivity (Wildman–Crippen MR) is 103 cm³/mol. The summed E-state index contributed by atoms with van der Waals surface area (Å²) in [6.07, 6.45) is 1.73. The third-order valence-electron chi connectivity index (χ3n) is 3.75. The van der Waals surface area contributed by atoms with E-state index in [1.54, 1.807) is 32.9 Å². The molecule has 1 aromatic heterocycles. The van der Waals surface area contributed by atoms with Crippen molar-refractivity contribution in [2.45, 2.75) is 50.7 Å². The van der Waals surface area contributed by atoms with E-state index in [0.29, 0.717) is 5.56 Å². The molecule has 0 aliphatic rings. The van der Waals surface area contributed by atoms with Crippen LogP contribution in [0.1, 0.15) is 31.9 Å². The Balaban J connectivity index is 2.16. The second-order valence-electron chi connectivity index (χ2n) is 7.41. The highest BCUT2D eigenvalue weighted by atomic mass is 32.2. The van der Waals surface area contributed by atoms with Crippen LogP contribution in [0.25, 0.3) is 0 Å². The van der Waals surface area contributed by atoms with Gasteiger partial charge in [-0.2, -0.15) is 0 Å². The molecule has 8 nitrogen and oxygen atoms in total. The summed E-state index contributed by atoms with van der Waals surface area (Å²) in [6, 6.07) is 6.65. The van der Waals surface area contributed by atoms with E-state index in [0.717, 1.165) is 9.54 Å². The van der Waals surface area contributed by atoms with Gasteiger partial charge in [0.25, 0.3) is 10.0 Å². The summed E-state index contributed by atoms with van der Waals surface area (Å²) in [5.74, 6) is -1.25. The van der Waals surface area contributed by atoms with Crippen LogP contribution in [0.15, 0.2) is 47.6 Å². The van der Waals surface area contributed by atoms with Gasteiger partial charge in [-0.25, -0.2) is 22.0 Å². The van der Waals surface area contributed by atoms with Crippen molar-refractivity contribution >= 4 is 22.1 Å². The first-order valence-electron chi connectivity index (χ1n) is 8.60. The number of alkyl carbamates (subject to hydrolysis) is 1. The number of nitrogens with one attached hydrogen (secondary N) is 1. The quantitative estimate of drug-likeness (QED) is 0.759. The number of amides is 1. The van der Waals surface area contributed by atoms with Crippen LogP contribution in [0.4, 0.5) is 4.79 Å². The lowest BCUT2D eigenvalue weighted by molar-refractivity contribution is -0.139. The maximum Gasteiger partial charge on any atom is 0.408 e. The predicted octanol–water partition coefficient (Wildman–Crippen LogP) is 2.55. The third-order valence-corrected chi connectivity index (χ3v) is 5.40. The van der Waals surface area contributed by atoms with Gasteiger partial charge in [-0.15, -0.1) is 0 Å². The van der Waals surface area contributed by atoms with Gasteiger partial charge in [-0.05, 0) is 51.5 Å². The number of hydrogen-bond donors (Lipinski definition) is 2. The summed E-state index contributed by atoms with van der Waals surface area (Å²) in [5, 5.41) is 11.6. The van der Waals surface area contributed by atoms with Crippen LogP contribution in [0.3, 0.4) is 0 Å². The second kappa shape index (κ2) is 8.05. The number of carboxylic acid groups (broad SMARTS) is 1. The molecule has 0 radical (unpaired) electrons. The Labute approximate surface area is 164 Å². The van der Waals surface area contributed by atoms with Gasteiger partial charge >= 0.3 is 12.1 Å². The molecule has 1 amide bonds. The number of rotatable bonds is 6. The number of ether oxygens (including phenoxy) is 1. The van der Waals surface area contributed by atoms with Crippen molar-refractivity contribution < 1.29 is 27.9 Å². The lowest BCUT2D eigenvalue weighted by Gasteiger charge is -2.21. The lowest BCUT2D eigenvalue weighted by Crippen LogP contribution is -2.44. The summed E-state index contributed by atoms with van der Waals surface area (Å²) in [4.78, 5) is 23.4. The Morgan fingerprint density at radius 2 is 1.79 bits per heavy atom. The monoisotopic (exact) mass is 408 g/mol. The van der Waals surface area contributed by atoms with E-state index in [2.05, 4.69) is 5.32 Å². The van der Waals surface area contributed by atoms with E-state index < -0.39 is 33.7 Å². The van der Waals surface area contributed by atoms with E-state index in [9.17, 15) is 23.1 Å². The molecule has 0 fully saturated rings. The van der Waals surface area contributed by atoms with Crippen molar-refractivity contribution in [1.82, 2.24) is 9.29 Å². The fraction of sp³-hybridized carbons (Fsp3) is 0.368. The van der Waals surface area contributed by atoms with Crippen LogP contribution in [-0.4, -0.2) is 41.2 Å². The maximum absolute atomic E-state index is 12.7. The van der Waals surface area contributed by atoms with Gasteiger partial charge in [0.05, 0.1) is 4.90 Å². The average Bonchev–Trinajstić information content (AvgIpc) is 3.02. The normalized spacial score (nSPS) is 13.0. The molecule has 0 aliphatic carbocycles. The Bertz CT molecular complexity index is 955. The number of carboxylic acids is 1. The first-order chi connectivity index (χ1) is 12.9. The molecule has 28 heavy (non-hydrogen) atoms. The van der Waals surface area contributed by atoms with E-state index in [-0.39, 0.29) is 11.3 Å². The molecule has 0 bridgehead atoms. The van der Waals surface area contributed by atoms with Crippen LogP contribution >= 0.6 is 0 Å². The van der Waals surface area contributed by atoms with Crippen molar-refractivity contribution in [3.8, 4) is 0 Å². The van der Waals surface area contributed by atoms with Crippen LogP contribution < -0.4 is 5.32 Å². The van der Waals surface area contributed by atoms with Crippen molar-refractivity contribution in [2.75, 3.05) is 0 Å². The SMILES string of the molecule is Cc1ccc(S(=O)(=O)n2ccc(CC(NC(=O)OC(C)(C)C)C(=O)O)c2)cc1. The molecule has 1 aromatic carbocycles. The molecular formula is C19H24N2O6S. The zero-order valence-electron chi connectivity index (χ0n) is 16.2. The standard InChI is InChI=1S/C19H24N2O6S/c1-13-5-7-15(8-6-13)28(25,26)21-10-9-14(12-21)11-16(17(22)23)20-18(24)27-19(2,3)4/h5-10,12,16H,11H2,1-4H3,(H,20,24)(H,22,23). The molecule has 2 rings (SSSR count). The van der Waals surface area contributed by atoms with Gasteiger partial charge in [-0.3, -0.25) is 0 Å². The molecule has 0 aliphatic heterocycles. The molecule has 9 heteroatoms. The first-order valence-corrected chi connectivity index (χ1v) is 10.0. The molecular weight excluding hydrogens is 384 g/mol. The second-order valence-corrected chi connectivity index (χ2v) is 9.25. The zero-order chi connectivity index (χ0) is 21.1. The van der Waals surface area contributed by atoms with Crippen molar-refractivity contribution in [1.29, 1.82) is 0 Å². The maximum atomic E-state index is 12.7. The summed E-state index contributed by atoms with van der Waals surface area (Å²) in [6.45, 7) is 6.85. The van der Waals surface area contributed by atoms with Gasteiger partial charge in [0.2, 0.25) is 0 Å². The highest BCUT2D eigenvalue weighted by Crippen LogP contribution is 2.17. The number of aliphatic carboxylic acids is 1. The van der Waals surface area contributed by atoms with E-state index >= 15 is 0 Å². The van der Waals surface area contributed by atoms with Crippen molar-refractivity contribution in [3.63, 3.8) is 0 Å². The van der Waals surface area contributed by atoms with Crippen molar-refractivity contribution in [2.24, 2.45) is 0 Å². The molecule has 0 saturated carbocycles. The van der Waals surface area contributed by atoms with Gasteiger partial charge < -0.3 is 15.2 Å². The molecule has 1 unspecified atom stereocenters. The van der Waals surface area contributed by atoms with Gasteiger partial charge in [0, 0.05) is 18.8 Å². The molecule has 0 spiro atoms. The largest absolute Gasteiger partial charge is 0.480 e. The number of aryl methyl sites for hydroxylation is 1. The highest BCUT2D eigenvalue weighted by molar-refractivity contribution is 7.90. The van der Waals surface area contributed by atoms with Crippen LogP contribution in [0.5, 0.6) is 0 Å². The topological polar surface area (TPSA) is 115 Å². The summed E-state index contributed by atoms with van der Waals surface area (Å²) in [7, 11) is -3.78. The highest BCUT2D eigenvalue weighted by Gasteiger charge is 2.25. The number of nitrogens with zero attached hydrogens (tertiary/aromatic N) is 1. The Kier molecular flexibility index (Phi) is 6.18. The van der Waals surface area contributed by atoms with Gasteiger partial charge in [0.15, 0.2) is 0 Å². The molecule has 0 saturated heterocycles. The molecule has 2 aromatic rings. The minimum atomic E-state index is -3.78. The smallest absolute Gasteiger partial charge is 0.408 e. The van der Waals surface area contributed by atoms with E-state index in [1.807, 2.05) is 6.92 Å². The van der Waals surface area contributed by atoms with Crippen LogP contribution in [0, 0.1) is 6.92 Å². The molecule has 152 valence electrons. The number of hydrogen-bond acceptors (Lipinski definition) is 5. The Morgan fingerprint density at radius 3 is 2.32 bits per heavy atom. The molecule has 1 heterocycles. The first kappa shape index (κ1) is 21.5. The van der Waals surface area contributed by atoms with Crippen molar-refractivity contribution in [3.05, 3.63) is 53.9 Å². The Hall–Kier alpha value is -2.81. The zero-order valence-corrected chi connectivity index (χ0v) is 17.0. The van der Waals surface area contributed by atoms with Gasteiger partial charge in [0.1, 0.15) is 11.6 Å².